The molecule has 0 heterocycles. The maximum atomic E-state index is 10.6. The molecule has 0 bridgehead atoms. The van der Waals surface area contributed by atoms with E-state index in [0.29, 0.717) is 0 Å². The van der Waals surface area contributed by atoms with Gasteiger partial charge in [0.2, 0.25) is 0 Å². The molecule has 0 saturated carbocycles. The van der Waals surface area contributed by atoms with Crippen molar-refractivity contribution < 1.29 is 50.6 Å². The highest BCUT2D eigenvalue weighted by Gasteiger charge is 2.06. The van der Waals surface area contributed by atoms with E-state index in [4.69, 9.17) is 0 Å². The molecule has 0 aromatic heterocycles. The lowest BCUT2D eigenvalue weighted by Crippen LogP contribution is -2.10. The molecular weight excluding hydrogens is 1040 g/mol. The lowest BCUT2D eigenvalue weighted by Gasteiger charge is -1.99. The summed E-state index contributed by atoms with van der Waals surface area (Å²) in [6.07, 6.45) is 3.63. The topological polar surface area (TPSA) is 198 Å². The normalized spacial score (nSPS) is 10.5. The SMILES string of the molecule is CC.CC.CC.CC.CC(=NOS(C)(=O)=O)C(C)=NOS(C)(=O)=O.COS(C)(=O)=O.COS(C)(=O)=O.c1ccc2ccccc2c1.c1ccc2ccccc2c1.c1ccc2ccccc2c1.c1ccc2ccccc2c1. The van der Waals surface area contributed by atoms with Crippen molar-refractivity contribution in [3.63, 3.8) is 0 Å². The molecule has 18 heteroatoms. The van der Waals surface area contributed by atoms with E-state index in [1.54, 1.807) is 0 Å². The van der Waals surface area contributed by atoms with E-state index < -0.39 is 40.5 Å². The molecule has 76 heavy (non-hydrogen) atoms. The third kappa shape index (κ3) is 39.0. The van der Waals surface area contributed by atoms with Crippen molar-refractivity contribution >= 4 is 95.0 Å². The van der Waals surface area contributed by atoms with Gasteiger partial charge in [-0.3, -0.25) is 16.9 Å². The van der Waals surface area contributed by atoms with Crippen LogP contribution in [-0.2, 0) is 57.4 Å². The summed E-state index contributed by atoms with van der Waals surface area (Å²) in [4.78, 5) is 0. The molecule has 8 rings (SSSR count). The fourth-order valence-electron chi connectivity index (χ4n) is 4.91. The first-order valence-electron chi connectivity index (χ1n) is 24.1. The van der Waals surface area contributed by atoms with Gasteiger partial charge in [0.15, 0.2) is 0 Å². The summed E-state index contributed by atoms with van der Waals surface area (Å²) in [5.74, 6) is 0. The zero-order valence-electron chi connectivity index (χ0n) is 46.9. The molecule has 0 amide bonds. The zero-order chi connectivity index (χ0) is 58.6. The molecule has 0 aliphatic rings. The van der Waals surface area contributed by atoms with Crippen molar-refractivity contribution in [1.82, 2.24) is 0 Å². The van der Waals surface area contributed by atoms with E-state index in [0.717, 1.165) is 39.2 Å². The Morgan fingerprint density at radius 2 is 0.382 bits per heavy atom. The molecule has 0 fully saturated rings. The van der Waals surface area contributed by atoms with E-state index in [9.17, 15) is 33.7 Å². The van der Waals surface area contributed by atoms with Crippen LogP contribution in [0.1, 0.15) is 69.2 Å². The Kier molecular flexibility index (Phi) is 41.4. The summed E-state index contributed by atoms with van der Waals surface area (Å²) in [5.41, 5.74) is 0.156. The summed E-state index contributed by atoms with van der Waals surface area (Å²) < 4.78 is 97.5. The highest BCUT2D eigenvalue weighted by atomic mass is 32.2. The molecule has 0 N–H and O–H groups in total. The van der Waals surface area contributed by atoms with Gasteiger partial charge in [0.25, 0.3) is 20.2 Å². The zero-order valence-corrected chi connectivity index (χ0v) is 50.2. The second kappa shape index (κ2) is 42.7. The Labute approximate surface area is 455 Å². The molecule has 0 radical (unpaired) electrons. The molecule has 0 spiro atoms. The standard InChI is InChI=1S/4C10H8.C6H12N2O6S2.2C2H6O3S.4C2H6/c4*1-2-6-10-8-4-3-7-9(10)5-1;1-5(7-13-15(3,9)10)6(2)8-14-16(4,11)12;2*1-5-6(2,3)4;4*1-2/h4*1-8H;1-4H3;2*1-2H3;4*1-2H3. The molecule has 0 atom stereocenters. The Bertz CT molecular complexity index is 2690. The minimum absolute atomic E-state index is 0.0778. The van der Waals surface area contributed by atoms with E-state index in [-0.39, 0.29) is 11.4 Å². The van der Waals surface area contributed by atoms with Crippen LogP contribution < -0.4 is 0 Å². The first-order chi connectivity index (χ1) is 36.0. The highest BCUT2D eigenvalue weighted by molar-refractivity contribution is 7.86. The maximum absolute atomic E-state index is 10.6. The molecule has 8 aromatic rings. The average Bonchev–Trinajstić information content (AvgIpc) is 3.44. The first kappa shape index (κ1) is 73.7. The van der Waals surface area contributed by atoms with Gasteiger partial charge in [0.1, 0.15) is 11.4 Å². The van der Waals surface area contributed by atoms with Gasteiger partial charge >= 0.3 is 20.2 Å². The molecular formula is C58H80N2O12S4. The number of hydrogen-bond acceptors (Lipinski definition) is 14. The van der Waals surface area contributed by atoms with Crippen molar-refractivity contribution in [2.45, 2.75) is 69.2 Å². The first-order valence-corrected chi connectivity index (χ1v) is 31.4. The van der Waals surface area contributed by atoms with E-state index >= 15 is 0 Å². The maximum Gasteiger partial charge on any atom is 0.325 e. The number of oxime groups is 2. The molecule has 8 aromatic carbocycles. The van der Waals surface area contributed by atoms with Gasteiger partial charge in [0, 0.05) is 0 Å². The third-order valence-electron chi connectivity index (χ3n) is 8.38. The summed E-state index contributed by atoms with van der Waals surface area (Å²) in [6, 6.07) is 66.9. The van der Waals surface area contributed by atoms with Gasteiger partial charge in [-0.25, -0.2) is 0 Å². The number of nitrogens with zero attached hydrogens (tertiary/aromatic N) is 2. The fourth-order valence-corrected chi connectivity index (χ4v) is 5.41. The Morgan fingerprint density at radius 3 is 0.461 bits per heavy atom. The van der Waals surface area contributed by atoms with Crippen LogP contribution >= 0.6 is 0 Å². The van der Waals surface area contributed by atoms with Crippen LogP contribution in [0.15, 0.2) is 204 Å². The van der Waals surface area contributed by atoms with Crippen LogP contribution in [0.3, 0.4) is 0 Å². The summed E-state index contributed by atoms with van der Waals surface area (Å²) in [6.45, 7) is 18.8. The molecule has 418 valence electrons. The van der Waals surface area contributed by atoms with Gasteiger partial charge in [-0.2, -0.15) is 33.7 Å². The number of fused-ring (bicyclic) bond motifs is 4. The smallest absolute Gasteiger partial charge is 0.274 e. The number of rotatable bonds is 7. The van der Waals surface area contributed by atoms with Crippen LogP contribution in [0.2, 0.25) is 0 Å². The lowest BCUT2D eigenvalue weighted by molar-refractivity contribution is 0.338. The predicted octanol–water partition coefficient (Wildman–Crippen LogP) is 14.3. The van der Waals surface area contributed by atoms with Crippen molar-refractivity contribution in [3.05, 3.63) is 194 Å². The van der Waals surface area contributed by atoms with Crippen molar-refractivity contribution in [2.75, 3.05) is 39.2 Å². The molecule has 0 unspecified atom stereocenters. The molecule has 0 saturated heterocycles. The fraction of sp³-hybridized carbons (Fsp3) is 0.276. The Morgan fingerprint density at radius 1 is 0.276 bits per heavy atom. The minimum atomic E-state index is -3.70. The van der Waals surface area contributed by atoms with Gasteiger partial charge in [-0.05, 0) is 56.9 Å². The number of benzene rings is 8. The second-order valence-corrected chi connectivity index (χ2v) is 20.6. The number of hydrogen-bond donors (Lipinski definition) is 0. The van der Waals surface area contributed by atoms with Gasteiger partial charge in [0.05, 0.1) is 39.2 Å². The van der Waals surface area contributed by atoms with Crippen molar-refractivity contribution in [3.8, 4) is 0 Å². The van der Waals surface area contributed by atoms with Gasteiger partial charge < -0.3 is 0 Å². The van der Waals surface area contributed by atoms with E-state index in [2.05, 4.69) is 221 Å². The van der Waals surface area contributed by atoms with Gasteiger partial charge in [-0.15, -0.1) is 0 Å². The summed E-state index contributed by atoms with van der Waals surface area (Å²) in [5, 5.41) is 16.9. The van der Waals surface area contributed by atoms with Crippen LogP contribution in [0.5, 0.6) is 0 Å². The molecule has 0 aliphatic heterocycles. The van der Waals surface area contributed by atoms with Crippen LogP contribution in [-0.4, -0.2) is 84.3 Å². The second-order valence-electron chi connectivity index (χ2n) is 14.0. The summed E-state index contributed by atoms with van der Waals surface area (Å²) >= 11 is 0. The predicted molar refractivity (Wildman–Crippen MR) is 323 cm³/mol. The lowest BCUT2D eigenvalue weighted by atomic mass is 10.1. The third-order valence-corrected chi connectivity index (χ3v) is 10.3. The quantitative estimate of drug-likeness (QED) is 0.0832. The van der Waals surface area contributed by atoms with Crippen molar-refractivity contribution in [1.29, 1.82) is 0 Å². The van der Waals surface area contributed by atoms with E-state index in [1.165, 1.54) is 56.9 Å². The average molecular weight is 1130 g/mol. The Hall–Kier alpha value is -6.54. The van der Waals surface area contributed by atoms with Crippen LogP contribution in [0.25, 0.3) is 43.1 Å². The van der Waals surface area contributed by atoms with E-state index in [1.807, 2.05) is 55.4 Å². The van der Waals surface area contributed by atoms with Crippen molar-refractivity contribution in [2.24, 2.45) is 10.3 Å². The van der Waals surface area contributed by atoms with Crippen LogP contribution in [0, 0.1) is 0 Å². The molecule has 0 aliphatic carbocycles. The minimum Gasteiger partial charge on any atom is -0.274 e. The van der Waals surface area contributed by atoms with Gasteiger partial charge in [-0.1, -0.05) is 260 Å². The Balaban J connectivity index is -0.000000813. The summed E-state index contributed by atoms with van der Waals surface area (Å²) in [7, 11) is -11.5. The molecule has 14 nitrogen and oxygen atoms in total. The van der Waals surface area contributed by atoms with Crippen LogP contribution in [0.4, 0.5) is 0 Å². The highest BCUT2D eigenvalue weighted by Crippen LogP contribution is 2.14. The monoisotopic (exact) mass is 1120 g/mol. The largest absolute Gasteiger partial charge is 0.325 e.